The van der Waals surface area contributed by atoms with Crippen molar-refractivity contribution in [3.05, 3.63) is 24.4 Å². The zero-order valence-corrected chi connectivity index (χ0v) is 12.3. The van der Waals surface area contributed by atoms with E-state index in [1.54, 1.807) is 6.20 Å². The molecule has 1 unspecified atom stereocenters. The molecule has 4 nitrogen and oxygen atoms in total. The van der Waals surface area contributed by atoms with E-state index in [-0.39, 0.29) is 12.2 Å². The Bertz CT molecular complexity index is 631. The second kappa shape index (κ2) is 5.37. The first-order valence-corrected chi connectivity index (χ1v) is 7.15. The number of benzene rings is 1. The molecule has 0 saturated heterocycles. The fourth-order valence-corrected chi connectivity index (χ4v) is 2.21. The molecule has 2 heterocycles. The fraction of sp³-hybridized carbons (Fsp3) is 0.400. The Balaban J connectivity index is 1.91. The average Bonchev–Trinajstić information content (AvgIpc) is 2.89. The van der Waals surface area contributed by atoms with Gasteiger partial charge in [-0.1, -0.05) is 13.8 Å². The number of pyridine rings is 1. The topological polar surface area (TPSA) is 43.4 Å². The van der Waals surface area contributed by atoms with Crippen molar-refractivity contribution in [2.45, 2.75) is 19.2 Å². The quantitative estimate of drug-likeness (QED) is 0.874. The van der Waals surface area contributed by atoms with Crippen molar-refractivity contribution in [1.82, 2.24) is 4.98 Å². The van der Waals surface area contributed by atoms with Crippen molar-refractivity contribution >= 4 is 28.2 Å². The van der Waals surface area contributed by atoms with Crippen LogP contribution in [-0.4, -0.2) is 23.7 Å². The first kappa shape index (κ1) is 13.3. The second-order valence-electron chi connectivity index (χ2n) is 5.23. The lowest BCUT2D eigenvalue weighted by molar-refractivity contribution is 0.174. The summed E-state index contributed by atoms with van der Waals surface area (Å²) in [6.07, 6.45) is 1.78. The van der Waals surface area contributed by atoms with Gasteiger partial charge >= 0.3 is 0 Å². The van der Waals surface area contributed by atoms with Crippen LogP contribution in [-0.2, 0) is 0 Å². The van der Waals surface area contributed by atoms with Crippen molar-refractivity contribution in [3.8, 4) is 11.5 Å². The van der Waals surface area contributed by atoms with Gasteiger partial charge in [0.05, 0.1) is 5.38 Å². The number of rotatable bonds is 4. The summed E-state index contributed by atoms with van der Waals surface area (Å²) in [5.41, 5.74) is 0. The Hall–Kier alpha value is -1.68. The Kier molecular flexibility index (Phi) is 3.57. The van der Waals surface area contributed by atoms with Gasteiger partial charge in [-0.05, 0) is 29.5 Å². The van der Waals surface area contributed by atoms with Crippen LogP contribution in [0.25, 0.3) is 10.8 Å². The van der Waals surface area contributed by atoms with Gasteiger partial charge in [-0.3, -0.25) is 0 Å². The predicted octanol–water partition coefficient (Wildman–Crippen LogP) is 3.64. The summed E-state index contributed by atoms with van der Waals surface area (Å²) in [4.78, 5) is 4.40. The first-order valence-electron chi connectivity index (χ1n) is 6.71. The molecular formula is C15H17ClN2O2. The van der Waals surface area contributed by atoms with E-state index in [0.717, 1.165) is 28.1 Å². The number of aromatic nitrogens is 1. The monoisotopic (exact) mass is 292 g/mol. The molecule has 0 radical (unpaired) electrons. The van der Waals surface area contributed by atoms with E-state index >= 15 is 0 Å². The smallest absolute Gasteiger partial charge is 0.231 e. The third kappa shape index (κ3) is 2.48. The molecule has 1 aromatic heterocycles. The minimum atomic E-state index is 0.0704. The minimum absolute atomic E-state index is 0.0704. The molecule has 20 heavy (non-hydrogen) atoms. The molecule has 2 aromatic rings. The van der Waals surface area contributed by atoms with Crippen LogP contribution in [0, 0.1) is 5.92 Å². The van der Waals surface area contributed by atoms with Gasteiger partial charge in [-0.25, -0.2) is 4.98 Å². The number of anilines is 1. The Morgan fingerprint density at radius 2 is 2.05 bits per heavy atom. The average molecular weight is 293 g/mol. The SMILES string of the molecule is CC(C)C(Cl)CNc1nccc2cc3c(cc12)OCO3. The highest BCUT2D eigenvalue weighted by atomic mass is 35.5. The molecular weight excluding hydrogens is 276 g/mol. The van der Waals surface area contributed by atoms with Gasteiger partial charge < -0.3 is 14.8 Å². The maximum absolute atomic E-state index is 6.28. The zero-order valence-electron chi connectivity index (χ0n) is 11.5. The molecule has 0 spiro atoms. The van der Waals surface area contributed by atoms with Crippen LogP contribution >= 0.6 is 11.6 Å². The number of hydrogen-bond acceptors (Lipinski definition) is 4. The van der Waals surface area contributed by atoms with Gasteiger partial charge in [0.25, 0.3) is 0 Å². The molecule has 1 aromatic carbocycles. The van der Waals surface area contributed by atoms with Gasteiger partial charge in [-0.15, -0.1) is 11.6 Å². The lowest BCUT2D eigenvalue weighted by atomic mass is 10.1. The maximum Gasteiger partial charge on any atom is 0.231 e. The summed E-state index contributed by atoms with van der Waals surface area (Å²) in [5, 5.41) is 5.48. The molecule has 0 aliphatic carbocycles. The van der Waals surface area contributed by atoms with E-state index in [1.807, 2.05) is 18.2 Å². The summed E-state index contributed by atoms with van der Waals surface area (Å²) in [6.45, 7) is 5.17. The molecule has 1 aliphatic heterocycles. The van der Waals surface area contributed by atoms with Gasteiger partial charge in [0, 0.05) is 18.1 Å². The Labute approximate surface area is 123 Å². The van der Waals surface area contributed by atoms with E-state index in [0.29, 0.717) is 12.5 Å². The highest BCUT2D eigenvalue weighted by molar-refractivity contribution is 6.21. The van der Waals surface area contributed by atoms with E-state index < -0.39 is 0 Å². The lowest BCUT2D eigenvalue weighted by Gasteiger charge is -2.15. The van der Waals surface area contributed by atoms with Crippen LogP contribution < -0.4 is 14.8 Å². The highest BCUT2D eigenvalue weighted by Crippen LogP contribution is 2.37. The maximum atomic E-state index is 6.28. The van der Waals surface area contributed by atoms with Crippen molar-refractivity contribution in [2.24, 2.45) is 5.92 Å². The van der Waals surface area contributed by atoms with Crippen molar-refractivity contribution < 1.29 is 9.47 Å². The standard InChI is InChI=1S/C15H17ClN2O2/c1-9(2)12(16)7-18-15-11-6-14-13(19-8-20-14)5-10(11)3-4-17-15/h3-6,9,12H,7-8H2,1-2H3,(H,17,18). The largest absolute Gasteiger partial charge is 0.454 e. The molecule has 1 aliphatic rings. The minimum Gasteiger partial charge on any atom is -0.454 e. The molecule has 0 fully saturated rings. The number of ether oxygens (including phenoxy) is 2. The van der Waals surface area contributed by atoms with E-state index in [1.165, 1.54) is 0 Å². The first-order chi connectivity index (χ1) is 9.65. The summed E-state index contributed by atoms with van der Waals surface area (Å²) < 4.78 is 10.8. The number of nitrogens with one attached hydrogen (secondary N) is 1. The summed E-state index contributed by atoms with van der Waals surface area (Å²) in [5.74, 6) is 2.79. The number of hydrogen-bond donors (Lipinski definition) is 1. The van der Waals surface area contributed by atoms with Gasteiger partial charge in [0.1, 0.15) is 5.82 Å². The van der Waals surface area contributed by atoms with Gasteiger partial charge in [-0.2, -0.15) is 0 Å². The summed E-state index contributed by atoms with van der Waals surface area (Å²) >= 11 is 6.28. The van der Waals surface area contributed by atoms with E-state index in [2.05, 4.69) is 24.1 Å². The van der Waals surface area contributed by atoms with E-state index in [9.17, 15) is 0 Å². The van der Waals surface area contributed by atoms with Crippen LogP contribution in [0.5, 0.6) is 11.5 Å². The van der Waals surface area contributed by atoms with Crippen LogP contribution in [0.2, 0.25) is 0 Å². The van der Waals surface area contributed by atoms with Crippen LogP contribution in [0.15, 0.2) is 24.4 Å². The molecule has 106 valence electrons. The number of fused-ring (bicyclic) bond motifs is 2. The van der Waals surface area contributed by atoms with E-state index in [4.69, 9.17) is 21.1 Å². The predicted molar refractivity (Wildman–Crippen MR) is 80.8 cm³/mol. The molecule has 0 saturated carbocycles. The third-order valence-corrected chi connectivity index (χ3v) is 4.10. The summed E-state index contributed by atoms with van der Waals surface area (Å²) in [7, 11) is 0. The molecule has 1 atom stereocenters. The number of nitrogens with zero attached hydrogens (tertiary/aromatic N) is 1. The van der Waals surface area contributed by atoms with Crippen LogP contribution in [0.4, 0.5) is 5.82 Å². The van der Waals surface area contributed by atoms with Crippen LogP contribution in [0.3, 0.4) is 0 Å². The van der Waals surface area contributed by atoms with Crippen molar-refractivity contribution in [3.63, 3.8) is 0 Å². The molecule has 3 rings (SSSR count). The Morgan fingerprint density at radius 3 is 2.80 bits per heavy atom. The van der Waals surface area contributed by atoms with Crippen molar-refractivity contribution in [2.75, 3.05) is 18.7 Å². The van der Waals surface area contributed by atoms with Crippen molar-refractivity contribution in [1.29, 1.82) is 0 Å². The summed E-state index contributed by atoms with van der Waals surface area (Å²) in [6, 6.07) is 5.90. The third-order valence-electron chi connectivity index (χ3n) is 3.45. The molecule has 0 bridgehead atoms. The lowest BCUT2D eigenvalue weighted by Crippen LogP contribution is -2.20. The van der Waals surface area contributed by atoms with Crippen LogP contribution in [0.1, 0.15) is 13.8 Å². The molecule has 5 heteroatoms. The zero-order chi connectivity index (χ0) is 14.1. The molecule has 0 amide bonds. The number of halogens is 1. The highest BCUT2D eigenvalue weighted by Gasteiger charge is 2.16. The van der Waals surface area contributed by atoms with Gasteiger partial charge in [0.15, 0.2) is 11.5 Å². The second-order valence-corrected chi connectivity index (χ2v) is 5.79. The fourth-order valence-electron chi connectivity index (χ4n) is 2.13. The normalized spacial score (nSPS) is 14.8. The Morgan fingerprint density at radius 1 is 1.30 bits per heavy atom. The van der Waals surface area contributed by atoms with Gasteiger partial charge in [0.2, 0.25) is 6.79 Å². The number of alkyl halides is 1. The molecule has 1 N–H and O–H groups in total.